The molecular formula is C14H22N4OS. The van der Waals surface area contributed by atoms with Gasteiger partial charge in [0.05, 0.1) is 5.25 Å². The minimum absolute atomic E-state index is 0.0927. The Kier molecular flexibility index (Phi) is 4.01. The molecule has 0 aromatic carbocycles. The van der Waals surface area contributed by atoms with E-state index in [-0.39, 0.29) is 11.2 Å². The average Bonchev–Trinajstić information content (AvgIpc) is 3.35. The van der Waals surface area contributed by atoms with Crippen LogP contribution in [0.3, 0.4) is 0 Å². The predicted octanol–water partition coefficient (Wildman–Crippen LogP) is 2.50. The van der Waals surface area contributed by atoms with Crippen molar-refractivity contribution in [3.8, 4) is 0 Å². The molecule has 1 amide bonds. The number of aromatic nitrogens is 3. The van der Waals surface area contributed by atoms with Gasteiger partial charge in [-0.1, -0.05) is 18.7 Å². The zero-order valence-corrected chi connectivity index (χ0v) is 12.9. The summed E-state index contributed by atoms with van der Waals surface area (Å²) in [7, 11) is 0. The molecule has 0 saturated heterocycles. The number of amides is 1. The van der Waals surface area contributed by atoms with E-state index >= 15 is 0 Å². The van der Waals surface area contributed by atoms with Gasteiger partial charge in [0.15, 0.2) is 5.16 Å². The van der Waals surface area contributed by atoms with Crippen LogP contribution in [0.5, 0.6) is 0 Å². The zero-order valence-electron chi connectivity index (χ0n) is 12.1. The Bertz CT molecular complexity index is 493. The second-order valence-electron chi connectivity index (χ2n) is 5.77. The van der Waals surface area contributed by atoms with E-state index in [0.29, 0.717) is 12.0 Å². The predicted molar refractivity (Wildman–Crippen MR) is 78.9 cm³/mol. The Balaban J connectivity index is 1.69. The standard InChI is InChI=1S/C14H22N4OS/c1-3-8-15-13(19)9(2)20-14-17-16-12(10-4-5-10)18(14)11-6-7-11/h9-11H,3-8H2,1-2H3,(H,15,19)/t9-/m0/s1. The first-order chi connectivity index (χ1) is 9.70. The monoisotopic (exact) mass is 294 g/mol. The fourth-order valence-corrected chi connectivity index (χ4v) is 3.22. The molecule has 1 atom stereocenters. The Labute approximate surface area is 123 Å². The minimum atomic E-state index is -0.115. The van der Waals surface area contributed by atoms with E-state index in [1.54, 1.807) is 11.8 Å². The van der Waals surface area contributed by atoms with Crippen molar-refractivity contribution in [1.82, 2.24) is 20.1 Å². The van der Waals surface area contributed by atoms with Crippen LogP contribution < -0.4 is 5.32 Å². The molecule has 1 N–H and O–H groups in total. The quantitative estimate of drug-likeness (QED) is 0.785. The van der Waals surface area contributed by atoms with Gasteiger partial charge in [0.2, 0.25) is 5.91 Å². The van der Waals surface area contributed by atoms with Gasteiger partial charge in [-0.2, -0.15) is 0 Å². The molecule has 2 aliphatic carbocycles. The van der Waals surface area contributed by atoms with Gasteiger partial charge in [0.25, 0.3) is 0 Å². The lowest BCUT2D eigenvalue weighted by atomic mass is 10.4. The lowest BCUT2D eigenvalue weighted by Crippen LogP contribution is -2.31. The van der Waals surface area contributed by atoms with Gasteiger partial charge in [-0.15, -0.1) is 10.2 Å². The topological polar surface area (TPSA) is 59.8 Å². The maximum absolute atomic E-state index is 12.0. The highest BCUT2D eigenvalue weighted by Crippen LogP contribution is 2.46. The van der Waals surface area contributed by atoms with E-state index in [2.05, 4.69) is 27.0 Å². The van der Waals surface area contributed by atoms with Gasteiger partial charge in [-0.25, -0.2) is 0 Å². The molecule has 6 heteroatoms. The lowest BCUT2D eigenvalue weighted by molar-refractivity contribution is -0.120. The summed E-state index contributed by atoms with van der Waals surface area (Å²) in [6.45, 7) is 4.74. The summed E-state index contributed by atoms with van der Waals surface area (Å²) < 4.78 is 2.30. The molecule has 0 radical (unpaired) electrons. The molecule has 2 fully saturated rings. The highest BCUT2D eigenvalue weighted by molar-refractivity contribution is 8.00. The summed E-state index contributed by atoms with van der Waals surface area (Å²) in [4.78, 5) is 12.0. The molecule has 2 saturated carbocycles. The molecule has 0 unspecified atom stereocenters. The zero-order chi connectivity index (χ0) is 14.1. The molecule has 1 heterocycles. The van der Waals surface area contributed by atoms with Crippen molar-refractivity contribution in [3.05, 3.63) is 5.82 Å². The summed E-state index contributed by atoms with van der Waals surface area (Å²) in [6, 6.07) is 0.578. The number of thioether (sulfide) groups is 1. The first-order valence-corrected chi connectivity index (χ1v) is 8.47. The molecule has 0 aliphatic heterocycles. The van der Waals surface area contributed by atoms with Crippen molar-refractivity contribution in [3.63, 3.8) is 0 Å². The Morgan fingerprint density at radius 2 is 2.15 bits per heavy atom. The van der Waals surface area contributed by atoms with Crippen molar-refractivity contribution < 1.29 is 4.79 Å². The largest absolute Gasteiger partial charge is 0.355 e. The van der Waals surface area contributed by atoms with Crippen LogP contribution in [0.15, 0.2) is 5.16 Å². The van der Waals surface area contributed by atoms with Crippen LogP contribution in [-0.4, -0.2) is 32.5 Å². The van der Waals surface area contributed by atoms with Gasteiger partial charge >= 0.3 is 0 Å². The molecule has 2 aliphatic rings. The number of nitrogens with one attached hydrogen (secondary N) is 1. The first-order valence-electron chi connectivity index (χ1n) is 7.59. The molecule has 1 aromatic rings. The van der Waals surface area contributed by atoms with E-state index in [0.717, 1.165) is 23.9 Å². The maximum Gasteiger partial charge on any atom is 0.233 e. The Morgan fingerprint density at radius 1 is 1.40 bits per heavy atom. The highest BCUT2D eigenvalue weighted by atomic mass is 32.2. The van der Waals surface area contributed by atoms with Gasteiger partial charge in [-0.3, -0.25) is 4.79 Å². The van der Waals surface area contributed by atoms with Crippen LogP contribution in [0.25, 0.3) is 0 Å². The second kappa shape index (κ2) is 5.76. The van der Waals surface area contributed by atoms with E-state index in [1.807, 2.05) is 6.92 Å². The molecule has 0 bridgehead atoms. The van der Waals surface area contributed by atoms with E-state index < -0.39 is 0 Å². The smallest absolute Gasteiger partial charge is 0.233 e. The summed E-state index contributed by atoms with van der Waals surface area (Å²) in [6.07, 6.45) is 5.89. The highest BCUT2D eigenvalue weighted by Gasteiger charge is 2.36. The Hall–Kier alpha value is -1.04. The summed E-state index contributed by atoms with van der Waals surface area (Å²) >= 11 is 1.54. The third-order valence-corrected chi connectivity index (χ3v) is 4.80. The van der Waals surface area contributed by atoms with Crippen LogP contribution in [0, 0.1) is 0 Å². The summed E-state index contributed by atoms with van der Waals surface area (Å²) in [5, 5.41) is 12.5. The van der Waals surface area contributed by atoms with Gasteiger partial charge in [0.1, 0.15) is 5.82 Å². The van der Waals surface area contributed by atoms with E-state index in [4.69, 9.17) is 0 Å². The molecule has 20 heavy (non-hydrogen) atoms. The van der Waals surface area contributed by atoms with Gasteiger partial charge in [0, 0.05) is 18.5 Å². The number of rotatable bonds is 7. The molecular weight excluding hydrogens is 272 g/mol. The number of nitrogens with zero attached hydrogens (tertiary/aromatic N) is 3. The van der Waals surface area contributed by atoms with Gasteiger partial charge in [-0.05, 0) is 39.0 Å². The molecule has 0 spiro atoms. The van der Waals surface area contributed by atoms with Crippen LogP contribution in [0.4, 0.5) is 0 Å². The normalized spacial score (nSPS) is 19.9. The average molecular weight is 294 g/mol. The fraction of sp³-hybridized carbons (Fsp3) is 0.786. The first kappa shape index (κ1) is 13.9. The lowest BCUT2D eigenvalue weighted by Gasteiger charge is -2.12. The number of hydrogen-bond donors (Lipinski definition) is 1. The van der Waals surface area contributed by atoms with Crippen LogP contribution >= 0.6 is 11.8 Å². The Morgan fingerprint density at radius 3 is 2.75 bits per heavy atom. The van der Waals surface area contributed by atoms with Gasteiger partial charge < -0.3 is 9.88 Å². The van der Waals surface area contributed by atoms with E-state index in [1.165, 1.54) is 25.7 Å². The maximum atomic E-state index is 12.0. The SMILES string of the molecule is CCCNC(=O)[C@H](C)Sc1nnc(C2CC2)n1C1CC1. The third kappa shape index (κ3) is 3.00. The van der Waals surface area contributed by atoms with Crippen molar-refractivity contribution in [2.75, 3.05) is 6.54 Å². The van der Waals surface area contributed by atoms with Crippen molar-refractivity contribution in [2.45, 2.75) is 68.3 Å². The molecule has 3 rings (SSSR count). The molecule has 110 valence electrons. The number of carbonyl (C=O) groups is 1. The third-order valence-electron chi connectivity index (χ3n) is 3.75. The van der Waals surface area contributed by atoms with Crippen LogP contribution in [-0.2, 0) is 4.79 Å². The van der Waals surface area contributed by atoms with Crippen molar-refractivity contribution in [2.24, 2.45) is 0 Å². The second-order valence-corrected chi connectivity index (χ2v) is 7.08. The van der Waals surface area contributed by atoms with Crippen molar-refractivity contribution in [1.29, 1.82) is 0 Å². The molecule has 1 aromatic heterocycles. The van der Waals surface area contributed by atoms with Crippen LogP contribution in [0.1, 0.15) is 63.7 Å². The molecule has 5 nitrogen and oxygen atoms in total. The number of carbonyl (C=O) groups excluding carboxylic acids is 1. The van der Waals surface area contributed by atoms with E-state index in [9.17, 15) is 4.79 Å². The van der Waals surface area contributed by atoms with Crippen molar-refractivity contribution >= 4 is 17.7 Å². The van der Waals surface area contributed by atoms with Crippen LogP contribution in [0.2, 0.25) is 0 Å². The summed E-state index contributed by atoms with van der Waals surface area (Å²) in [5.74, 6) is 1.85. The summed E-state index contributed by atoms with van der Waals surface area (Å²) in [5.41, 5.74) is 0. The number of hydrogen-bond acceptors (Lipinski definition) is 4. The minimum Gasteiger partial charge on any atom is -0.355 e. The fourth-order valence-electron chi connectivity index (χ4n) is 2.27.